The lowest BCUT2D eigenvalue weighted by Gasteiger charge is -2.25. The van der Waals surface area contributed by atoms with Crippen LogP contribution in [0, 0.1) is 5.92 Å². The molecule has 1 aliphatic rings. The van der Waals surface area contributed by atoms with Gasteiger partial charge in [0.15, 0.2) is 0 Å². The third-order valence-corrected chi connectivity index (χ3v) is 1.82. The van der Waals surface area contributed by atoms with E-state index in [4.69, 9.17) is 16.3 Å². The summed E-state index contributed by atoms with van der Waals surface area (Å²) in [6, 6.07) is 0.313. The van der Waals surface area contributed by atoms with E-state index < -0.39 is 0 Å². The fourth-order valence-corrected chi connectivity index (χ4v) is 1.10. The van der Waals surface area contributed by atoms with Crippen molar-refractivity contribution in [2.75, 3.05) is 19.2 Å². The molecule has 3 heteroatoms. The molecule has 1 heterocycles. The number of hydrogen-bond acceptors (Lipinski definition) is 2. The number of aliphatic imine (C=N–C) groups is 1. The number of hydrogen-bond donors (Lipinski definition) is 0. The van der Waals surface area contributed by atoms with Crippen LogP contribution in [0.4, 0.5) is 0 Å². The molecule has 0 unspecified atom stereocenters. The van der Waals surface area contributed by atoms with Crippen molar-refractivity contribution in [3.63, 3.8) is 0 Å². The second-order valence-electron chi connectivity index (χ2n) is 2.53. The predicted octanol–water partition coefficient (Wildman–Crippen LogP) is 2.01. The van der Waals surface area contributed by atoms with Gasteiger partial charge in [0.1, 0.15) is 6.00 Å². The minimum atomic E-state index is 0.313. The van der Waals surface area contributed by atoms with Crippen molar-refractivity contribution in [1.29, 1.82) is 0 Å². The Morgan fingerprint density at radius 2 is 2.42 bits per heavy atom. The molecule has 0 amide bonds. The van der Waals surface area contributed by atoms with Gasteiger partial charge in [-0.05, 0) is 6.08 Å². The maximum absolute atomic E-state index is 5.51. The molecular formula is C9H12ClNO. The van der Waals surface area contributed by atoms with E-state index in [2.05, 4.69) is 11.6 Å². The maximum atomic E-state index is 5.51. The topological polar surface area (TPSA) is 21.6 Å². The average molecular weight is 186 g/mol. The molecule has 0 atom stereocenters. The van der Waals surface area contributed by atoms with E-state index in [0.29, 0.717) is 11.9 Å². The molecule has 2 nitrogen and oxygen atoms in total. The highest BCUT2D eigenvalue weighted by molar-refractivity contribution is 6.18. The number of allylic oxidation sites excluding steroid dienone is 3. The Balaban J connectivity index is 2.53. The third-order valence-electron chi connectivity index (χ3n) is 1.70. The van der Waals surface area contributed by atoms with Crippen LogP contribution in [0.2, 0.25) is 0 Å². The van der Waals surface area contributed by atoms with Crippen molar-refractivity contribution in [1.82, 2.24) is 0 Å². The van der Waals surface area contributed by atoms with Gasteiger partial charge in [0.05, 0.1) is 13.2 Å². The summed E-state index contributed by atoms with van der Waals surface area (Å²) in [4.78, 5) is 4.15. The highest BCUT2D eigenvalue weighted by atomic mass is 35.5. The Labute approximate surface area is 77.6 Å². The lowest BCUT2D eigenvalue weighted by molar-refractivity contribution is 0.00226. The van der Waals surface area contributed by atoms with Gasteiger partial charge >= 0.3 is 0 Å². The van der Waals surface area contributed by atoms with Crippen molar-refractivity contribution in [2.45, 2.75) is 0 Å². The van der Waals surface area contributed by atoms with Crippen LogP contribution in [0.5, 0.6) is 0 Å². The first-order valence-corrected chi connectivity index (χ1v) is 4.39. The SMILES string of the molecule is C=C/C=C\C(=N/CCl)C1COC1. The maximum Gasteiger partial charge on any atom is 0.113 e. The molecular weight excluding hydrogens is 174 g/mol. The first-order valence-electron chi connectivity index (χ1n) is 3.85. The third kappa shape index (κ3) is 2.47. The normalized spacial score (nSPS) is 19.6. The highest BCUT2D eigenvalue weighted by Crippen LogP contribution is 2.13. The number of ether oxygens (including phenoxy) is 1. The first-order chi connectivity index (χ1) is 5.88. The van der Waals surface area contributed by atoms with Gasteiger partial charge in [-0.15, -0.1) is 11.6 Å². The Bertz CT molecular complexity index is 207. The van der Waals surface area contributed by atoms with Crippen molar-refractivity contribution >= 4 is 17.3 Å². The molecule has 0 radical (unpaired) electrons. The van der Waals surface area contributed by atoms with E-state index in [1.807, 2.05) is 12.2 Å². The van der Waals surface area contributed by atoms with Gasteiger partial charge in [0, 0.05) is 11.6 Å². The molecule has 1 saturated heterocycles. The van der Waals surface area contributed by atoms with Crippen LogP contribution in [-0.4, -0.2) is 24.9 Å². The molecule has 0 aliphatic carbocycles. The molecule has 12 heavy (non-hydrogen) atoms. The molecule has 0 saturated carbocycles. The van der Waals surface area contributed by atoms with Crippen molar-refractivity contribution < 1.29 is 4.74 Å². The number of alkyl halides is 1. The van der Waals surface area contributed by atoms with E-state index in [0.717, 1.165) is 18.9 Å². The molecule has 0 bridgehead atoms. The standard InChI is InChI=1S/C9H12ClNO/c1-2-3-4-9(11-7-10)8-5-12-6-8/h2-4,8H,1,5-7H2/b4-3-,11-9+. The summed E-state index contributed by atoms with van der Waals surface area (Å²) in [6.45, 7) is 5.11. The molecule has 66 valence electrons. The van der Waals surface area contributed by atoms with Crippen LogP contribution in [-0.2, 0) is 4.74 Å². The molecule has 1 fully saturated rings. The van der Waals surface area contributed by atoms with Gasteiger partial charge in [0.2, 0.25) is 0 Å². The largest absolute Gasteiger partial charge is 0.380 e. The zero-order chi connectivity index (χ0) is 8.81. The van der Waals surface area contributed by atoms with Crippen molar-refractivity contribution in [3.05, 3.63) is 24.8 Å². The molecule has 0 aromatic rings. The van der Waals surface area contributed by atoms with Crippen LogP contribution in [0.3, 0.4) is 0 Å². The van der Waals surface area contributed by atoms with Gasteiger partial charge in [-0.1, -0.05) is 18.7 Å². The fraction of sp³-hybridized carbons (Fsp3) is 0.444. The summed E-state index contributed by atoms with van der Waals surface area (Å²) in [7, 11) is 0. The first kappa shape index (κ1) is 9.49. The summed E-state index contributed by atoms with van der Waals surface area (Å²) in [5, 5.41) is 0. The Hall–Kier alpha value is -0.600. The van der Waals surface area contributed by atoms with Gasteiger partial charge in [-0.3, -0.25) is 4.99 Å². The van der Waals surface area contributed by atoms with Crippen LogP contribution in [0.1, 0.15) is 0 Å². The van der Waals surface area contributed by atoms with Gasteiger partial charge in [-0.2, -0.15) is 0 Å². The summed E-state index contributed by atoms with van der Waals surface area (Å²) >= 11 is 5.51. The van der Waals surface area contributed by atoms with Crippen molar-refractivity contribution in [3.8, 4) is 0 Å². The van der Waals surface area contributed by atoms with Crippen LogP contribution < -0.4 is 0 Å². The minimum Gasteiger partial charge on any atom is -0.380 e. The van der Waals surface area contributed by atoms with E-state index in [-0.39, 0.29) is 0 Å². The smallest absolute Gasteiger partial charge is 0.113 e. The predicted molar refractivity (Wildman–Crippen MR) is 51.8 cm³/mol. The van der Waals surface area contributed by atoms with Gasteiger partial charge in [-0.25, -0.2) is 0 Å². The summed E-state index contributed by atoms with van der Waals surface area (Å²) < 4.78 is 5.06. The Morgan fingerprint density at radius 3 is 2.83 bits per heavy atom. The second kappa shape index (κ2) is 5.12. The molecule has 0 N–H and O–H groups in total. The quantitative estimate of drug-likeness (QED) is 0.284. The molecule has 1 aliphatic heterocycles. The monoisotopic (exact) mass is 185 g/mol. The fourth-order valence-electron chi connectivity index (χ4n) is 0.960. The van der Waals surface area contributed by atoms with E-state index in [1.165, 1.54) is 0 Å². The van der Waals surface area contributed by atoms with Crippen LogP contribution in [0.15, 0.2) is 29.8 Å². The number of nitrogens with zero attached hydrogens (tertiary/aromatic N) is 1. The Morgan fingerprint density at radius 1 is 1.67 bits per heavy atom. The lowest BCUT2D eigenvalue weighted by Crippen LogP contribution is -2.33. The second-order valence-corrected chi connectivity index (χ2v) is 2.77. The summed E-state index contributed by atoms with van der Waals surface area (Å²) in [5.74, 6) is 0.431. The van der Waals surface area contributed by atoms with Crippen molar-refractivity contribution in [2.24, 2.45) is 10.9 Å². The summed E-state index contributed by atoms with van der Waals surface area (Å²) in [5.41, 5.74) is 1.01. The lowest BCUT2D eigenvalue weighted by atomic mass is 10.0. The van der Waals surface area contributed by atoms with Gasteiger partial charge < -0.3 is 4.74 Å². The van der Waals surface area contributed by atoms with E-state index in [9.17, 15) is 0 Å². The molecule has 0 aromatic heterocycles. The molecule has 0 aromatic carbocycles. The van der Waals surface area contributed by atoms with E-state index >= 15 is 0 Å². The highest BCUT2D eigenvalue weighted by Gasteiger charge is 2.22. The number of rotatable bonds is 4. The zero-order valence-electron chi connectivity index (χ0n) is 6.87. The minimum absolute atomic E-state index is 0.313. The van der Waals surface area contributed by atoms with E-state index in [1.54, 1.807) is 6.08 Å². The summed E-state index contributed by atoms with van der Waals surface area (Å²) in [6.07, 6.45) is 5.52. The Kier molecular flexibility index (Phi) is 4.05. The average Bonchev–Trinajstić information content (AvgIpc) is 1.97. The zero-order valence-corrected chi connectivity index (χ0v) is 7.63. The van der Waals surface area contributed by atoms with Crippen LogP contribution in [0.25, 0.3) is 0 Å². The van der Waals surface area contributed by atoms with Gasteiger partial charge in [0.25, 0.3) is 0 Å². The van der Waals surface area contributed by atoms with Crippen LogP contribution >= 0.6 is 11.6 Å². The number of halogens is 1. The molecule has 0 spiro atoms. The molecule has 1 rings (SSSR count).